The molecule has 2 bridgehead atoms. The van der Waals surface area contributed by atoms with Gasteiger partial charge < -0.3 is 9.84 Å². The van der Waals surface area contributed by atoms with Crippen LogP contribution in [0.3, 0.4) is 0 Å². The lowest BCUT2D eigenvalue weighted by Crippen LogP contribution is -2.44. The largest absolute Gasteiger partial charge is 0.490 e. The minimum atomic E-state index is -0.653. The Kier molecular flexibility index (Phi) is 6.11. The number of ether oxygens (including phenoxy) is 1. The van der Waals surface area contributed by atoms with Crippen molar-refractivity contribution in [3.8, 4) is 5.75 Å². The van der Waals surface area contributed by atoms with Crippen molar-refractivity contribution in [3.63, 3.8) is 0 Å². The summed E-state index contributed by atoms with van der Waals surface area (Å²) in [6.07, 6.45) is 8.26. The van der Waals surface area contributed by atoms with Gasteiger partial charge in [0.25, 0.3) is 0 Å². The topological polar surface area (TPSA) is 49.8 Å². The van der Waals surface area contributed by atoms with Crippen LogP contribution in [0.2, 0.25) is 0 Å². The summed E-state index contributed by atoms with van der Waals surface area (Å²) in [5.74, 6) is 0.588. The van der Waals surface area contributed by atoms with Crippen LogP contribution in [-0.2, 0) is 18.0 Å². The summed E-state index contributed by atoms with van der Waals surface area (Å²) in [4.78, 5) is 14.0. The van der Waals surface area contributed by atoms with Crippen molar-refractivity contribution in [2.75, 3.05) is 0 Å². The Morgan fingerprint density at radius 3 is 2.41 bits per heavy atom. The first kappa shape index (κ1) is 21.7. The average molecular weight is 440 g/mol. The molecule has 3 fully saturated rings. The summed E-state index contributed by atoms with van der Waals surface area (Å²) in [6.45, 7) is 2.56. The molecule has 2 heterocycles. The summed E-state index contributed by atoms with van der Waals surface area (Å²) in [5.41, 5.74) is 1.83. The predicted octanol–water partition coefficient (Wildman–Crippen LogP) is 6.09. The molecule has 3 aliphatic rings. The number of fused-ring (bicyclic) bond motifs is 3. The number of hydrogen-bond donors (Lipinski definition) is 1. The number of alkyl halides is 1. The molecule has 2 aliphatic heterocycles. The number of halogens is 1. The van der Waals surface area contributed by atoms with Crippen LogP contribution in [-0.4, -0.2) is 34.2 Å². The third-order valence-corrected chi connectivity index (χ3v) is 8.14. The van der Waals surface area contributed by atoms with Crippen molar-refractivity contribution in [2.45, 2.75) is 89.7 Å². The summed E-state index contributed by atoms with van der Waals surface area (Å²) in [5, 5.41) is 11.4. The molecule has 5 rings (SSSR count). The second-order valence-corrected chi connectivity index (χ2v) is 10.3. The standard InChI is InChI=1S/C27H34FNO3/c1-17-2-9-23(10-3-17)32-26-11-6-19-5-4-18(12-24(19)25(26)15-28)16-29-21-7-8-22(29)14-20(13-21)27(30)31/h4-6,11-12,17,20-23H,2-3,7-10,13-16H2,1H3,(H,30,31)/t17-,20?,21?,22?,23+. The first-order valence-electron chi connectivity index (χ1n) is 12.3. The van der Waals surface area contributed by atoms with Crippen LogP contribution >= 0.6 is 0 Å². The molecule has 2 saturated heterocycles. The highest BCUT2D eigenvalue weighted by atomic mass is 19.1. The Bertz CT molecular complexity index is 970. The number of hydrogen-bond acceptors (Lipinski definition) is 3. The summed E-state index contributed by atoms with van der Waals surface area (Å²) in [7, 11) is 0. The van der Waals surface area contributed by atoms with Crippen LogP contribution in [0.25, 0.3) is 10.8 Å². The maximum absolute atomic E-state index is 14.2. The average Bonchev–Trinajstić information content (AvgIpc) is 3.01. The lowest BCUT2D eigenvalue weighted by atomic mass is 9.89. The van der Waals surface area contributed by atoms with E-state index in [-0.39, 0.29) is 12.0 Å². The van der Waals surface area contributed by atoms with E-state index in [0.29, 0.717) is 23.4 Å². The number of nitrogens with zero attached hydrogens (tertiary/aromatic N) is 1. The van der Waals surface area contributed by atoms with Gasteiger partial charge in [-0.3, -0.25) is 9.69 Å². The summed E-state index contributed by atoms with van der Waals surface area (Å²) < 4.78 is 20.5. The number of carbonyl (C=O) groups is 1. The van der Waals surface area contributed by atoms with Crippen molar-refractivity contribution in [1.29, 1.82) is 0 Å². The van der Waals surface area contributed by atoms with Gasteiger partial charge in [-0.1, -0.05) is 25.1 Å². The van der Waals surface area contributed by atoms with Gasteiger partial charge in [0.15, 0.2) is 0 Å². The van der Waals surface area contributed by atoms with E-state index in [1.54, 1.807) is 0 Å². The highest BCUT2D eigenvalue weighted by Gasteiger charge is 2.42. The summed E-state index contributed by atoms with van der Waals surface area (Å²) in [6, 6.07) is 11.0. The molecule has 0 spiro atoms. The lowest BCUT2D eigenvalue weighted by molar-refractivity contribution is -0.144. The molecule has 32 heavy (non-hydrogen) atoms. The highest BCUT2D eigenvalue weighted by Crippen LogP contribution is 2.40. The van der Waals surface area contributed by atoms with Gasteiger partial charge in [-0.15, -0.1) is 0 Å². The Labute approximate surface area is 189 Å². The van der Waals surface area contributed by atoms with Gasteiger partial charge >= 0.3 is 5.97 Å². The Hall–Kier alpha value is -2.14. The molecule has 4 nitrogen and oxygen atoms in total. The maximum atomic E-state index is 14.2. The van der Waals surface area contributed by atoms with Gasteiger partial charge in [0.2, 0.25) is 0 Å². The monoisotopic (exact) mass is 439 g/mol. The van der Waals surface area contributed by atoms with Crippen molar-refractivity contribution >= 4 is 16.7 Å². The molecule has 0 amide bonds. The van der Waals surface area contributed by atoms with E-state index in [1.165, 1.54) is 18.4 Å². The number of aliphatic carboxylic acids is 1. The zero-order chi connectivity index (χ0) is 22.2. The van der Waals surface area contributed by atoms with Crippen LogP contribution in [0.15, 0.2) is 30.3 Å². The fraction of sp³-hybridized carbons (Fsp3) is 0.593. The minimum absolute atomic E-state index is 0.184. The third kappa shape index (κ3) is 4.24. The fourth-order valence-corrected chi connectivity index (χ4v) is 6.23. The number of benzene rings is 2. The third-order valence-electron chi connectivity index (χ3n) is 8.14. The molecule has 2 aromatic rings. The molecule has 172 valence electrons. The second kappa shape index (κ2) is 9.01. The van der Waals surface area contributed by atoms with Gasteiger partial charge in [0.1, 0.15) is 12.4 Å². The molecular formula is C27H34FNO3. The first-order valence-corrected chi connectivity index (χ1v) is 12.3. The smallest absolute Gasteiger partial charge is 0.306 e. The van der Waals surface area contributed by atoms with Crippen molar-refractivity contribution < 1.29 is 19.0 Å². The van der Waals surface area contributed by atoms with Crippen LogP contribution in [0, 0.1) is 11.8 Å². The minimum Gasteiger partial charge on any atom is -0.490 e. The van der Waals surface area contributed by atoms with Crippen LogP contribution in [0.1, 0.15) is 69.4 Å². The quantitative estimate of drug-likeness (QED) is 0.591. The number of carboxylic acid groups (broad SMARTS) is 1. The van der Waals surface area contributed by atoms with Gasteiger partial charge in [0, 0.05) is 24.2 Å². The molecule has 1 saturated carbocycles. The molecule has 5 heteroatoms. The van der Waals surface area contributed by atoms with Gasteiger partial charge in [-0.2, -0.15) is 0 Å². The van der Waals surface area contributed by atoms with Crippen LogP contribution in [0.4, 0.5) is 4.39 Å². The second-order valence-electron chi connectivity index (χ2n) is 10.3. The van der Waals surface area contributed by atoms with E-state index in [4.69, 9.17) is 4.74 Å². The first-order chi connectivity index (χ1) is 15.5. The maximum Gasteiger partial charge on any atom is 0.306 e. The number of carboxylic acids is 1. The van der Waals surface area contributed by atoms with Gasteiger partial charge in [-0.25, -0.2) is 4.39 Å². The molecule has 0 aromatic heterocycles. The van der Waals surface area contributed by atoms with Crippen LogP contribution in [0.5, 0.6) is 5.75 Å². The Balaban J connectivity index is 1.37. The van der Waals surface area contributed by atoms with Crippen LogP contribution < -0.4 is 4.74 Å². The summed E-state index contributed by atoms with van der Waals surface area (Å²) >= 11 is 0. The van der Waals surface area contributed by atoms with E-state index in [0.717, 1.165) is 61.8 Å². The molecule has 0 radical (unpaired) electrons. The van der Waals surface area contributed by atoms with E-state index in [9.17, 15) is 14.3 Å². The van der Waals surface area contributed by atoms with Crippen molar-refractivity contribution in [1.82, 2.24) is 4.90 Å². The van der Waals surface area contributed by atoms with Crippen molar-refractivity contribution in [3.05, 3.63) is 41.5 Å². The number of piperidine rings is 1. The van der Waals surface area contributed by atoms with Gasteiger partial charge in [-0.05, 0) is 85.8 Å². The Morgan fingerprint density at radius 2 is 1.75 bits per heavy atom. The molecule has 2 unspecified atom stereocenters. The van der Waals surface area contributed by atoms with E-state index < -0.39 is 12.6 Å². The molecule has 1 aliphatic carbocycles. The highest BCUT2D eigenvalue weighted by molar-refractivity contribution is 5.88. The zero-order valence-electron chi connectivity index (χ0n) is 18.9. The van der Waals surface area contributed by atoms with E-state index >= 15 is 0 Å². The fourth-order valence-electron chi connectivity index (χ4n) is 6.23. The number of rotatable bonds is 6. The van der Waals surface area contributed by atoms with Crippen molar-refractivity contribution in [2.24, 2.45) is 11.8 Å². The molecule has 2 aromatic carbocycles. The van der Waals surface area contributed by atoms with E-state index in [2.05, 4.69) is 30.0 Å². The molecule has 2 atom stereocenters. The molecular weight excluding hydrogens is 405 g/mol. The zero-order valence-corrected chi connectivity index (χ0v) is 18.9. The van der Waals surface area contributed by atoms with Gasteiger partial charge in [0.05, 0.1) is 12.0 Å². The predicted molar refractivity (Wildman–Crippen MR) is 124 cm³/mol. The normalized spacial score (nSPS) is 30.5. The molecule has 1 N–H and O–H groups in total. The van der Waals surface area contributed by atoms with E-state index in [1.807, 2.05) is 12.1 Å². The lowest BCUT2D eigenvalue weighted by Gasteiger charge is -2.37. The SMILES string of the molecule is C[C@H]1CC[C@@H](Oc2ccc3ccc(CN4C5CCC4CC(C(=O)O)C5)cc3c2CF)CC1. The Morgan fingerprint density at radius 1 is 1.06 bits per heavy atom.